The molecule has 2 aliphatic rings. The van der Waals surface area contributed by atoms with Gasteiger partial charge in [-0.1, -0.05) is 60.7 Å². The second kappa shape index (κ2) is 12.3. The molecule has 220 valence electrons. The molecule has 2 amide bonds. The number of carbonyl (C=O) groups excluding carboxylic acids is 1. The summed E-state index contributed by atoms with van der Waals surface area (Å²) >= 11 is 0. The van der Waals surface area contributed by atoms with Crippen LogP contribution in [0.4, 0.5) is 10.5 Å². The highest BCUT2D eigenvalue weighted by Gasteiger charge is 2.27. The lowest BCUT2D eigenvalue weighted by Crippen LogP contribution is -2.41. The molecular formula is C36H37N2O4P. The van der Waals surface area contributed by atoms with E-state index in [0.717, 1.165) is 48.1 Å². The molecule has 7 heteroatoms. The van der Waals surface area contributed by atoms with E-state index in [9.17, 15) is 4.79 Å². The second-order valence-corrected chi connectivity index (χ2v) is 12.7. The van der Waals surface area contributed by atoms with Crippen LogP contribution in [0.3, 0.4) is 0 Å². The summed E-state index contributed by atoms with van der Waals surface area (Å²) in [5.74, 6) is 0. The lowest BCUT2D eigenvalue weighted by atomic mass is 9.84. The molecule has 43 heavy (non-hydrogen) atoms. The molecule has 1 heterocycles. The number of rotatable bonds is 6. The molecule has 2 atom stereocenters. The second-order valence-electron chi connectivity index (χ2n) is 11.7. The van der Waals surface area contributed by atoms with Gasteiger partial charge >= 0.3 is 14.3 Å². The normalized spacial score (nSPS) is 15.7. The quantitative estimate of drug-likeness (QED) is 0.206. The van der Waals surface area contributed by atoms with Crippen LogP contribution in [-0.4, -0.2) is 12.1 Å². The number of para-hydroxylation sites is 1. The predicted octanol–water partition coefficient (Wildman–Crippen LogP) is 9.43. The number of hydrogen-bond donors (Lipinski definition) is 2. The van der Waals surface area contributed by atoms with Crippen molar-refractivity contribution in [3.8, 4) is 0 Å². The minimum Gasteiger partial charge on any atom is -0.399 e. The van der Waals surface area contributed by atoms with Gasteiger partial charge < -0.3 is 19.0 Å². The van der Waals surface area contributed by atoms with E-state index in [1.54, 1.807) is 0 Å². The van der Waals surface area contributed by atoms with Crippen LogP contribution in [0, 0.1) is 0 Å². The lowest BCUT2D eigenvalue weighted by molar-refractivity contribution is 0.204. The molecule has 0 radical (unpaired) electrons. The third-order valence-electron chi connectivity index (χ3n) is 8.76. The van der Waals surface area contributed by atoms with Crippen molar-refractivity contribution in [2.45, 2.75) is 70.4 Å². The fraction of sp³-hybridized carbons (Fsp3) is 0.306. The number of fused-ring (bicyclic) bond motifs is 7. The van der Waals surface area contributed by atoms with Crippen molar-refractivity contribution < 1.29 is 17.7 Å². The van der Waals surface area contributed by atoms with Crippen molar-refractivity contribution >= 4 is 41.9 Å². The van der Waals surface area contributed by atoms with Crippen molar-refractivity contribution in [1.29, 1.82) is 0 Å². The molecule has 0 fully saturated rings. The van der Waals surface area contributed by atoms with Gasteiger partial charge in [0.15, 0.2) is 0 Å². The summed E-state index contributed by atoms with van der Waals surface area (Å²) in [4.78, 5) is 13.0. The molecule has 0 saturated heterocycles. The first-order chi connectivity index (χ1) is 21.1. The Morgan fingerprint density at radius 2 is 1.26 bits per heavy atom. The molecule has 2 unspecified atom stereocenters. The highest BCUT2D eigenvalue weighted by molar-refractivity contribution is 7.31. The number of anilines is 1. The van der Waals surface area contributed by atoms with Crippen molar-refractivity contribution in [3.63, 3.8) is 0 Å². The Hall–Kier alpha value is -3.99. The number of urea groups is 1. The van der Waals surface area contributed by atoms with Gasteiger partial charge in [-0.05, 0) is 110 Å². The maximum absolute atomic E-state index is 13.0. The van der Waals surface area contributed by atoms with E-state index >= 15 is 0 Å². The maximum atomic E-state index is 13.0. The van der Waals surface area contributed by atoms with Crippen molar-refractivity contribution in [2.75, 3.05) is 5.32 Å². The Kier molecular flexibility index (Phi) is 7.97. The first kappa shape index (κ1) is 27.8. The number of amides is 2. The summed E-state index contributed by atoms with van der Waals surface area (Å²) in [5, 5.41) is 8.39. The largest absolute Gasteiger partial charge is 0.399 e. The van der Waals surface area contributed by atoms with Crippen LogP contribution in [0.15, 0.2) is 93.3 Å². The van der Waals surface area contributed by atoms with Crippen LogP contribution < -0.4 is 15.2 Å². The Labute approximate surface area is 253 Å². The van der Waals surface area contributed by atoms with E-state index in [4.69, 9.17) is 12.9 Å². The lowest BCUT2D eigenvalue weighted by Gasteiger charge is -2.24. The summed E-state index contributed by atoms with van der Waals surface area (Å²) in [7, 11) is -1.84. The molecule has 6 nitrogen and oxygen atoms in total. The third kappa shape index (κ3) is 5.82. The van der Waals surface area contributed by atoms with Gasteiger partial charge in [0.05, 0.1) is 6.04 Å². The first-order valence-corrected chi connectivity index (χ1v) is 16.5. The topological polar surface area (TPSA) is 76.6 Å². The van der Waals surface area contributed by atoms with Crippen LogP contribution in [0.1, 0.15) is 66.5 Å². The molecule has 0 bridgehead atoms. The first-order valence-electron chi connectivity index (χ1n) is 15.4. The molecule has 4 aromatic carbocycles. The van der Waals surface area contributed by atoms with Crippen molar-refractivity contribution in [1.82, 2.24) is 5.32 Å². The molecule has 0 aliphatic heterocycles. The molecule has 0 spiro atoms. The summed E-state index contributed by atoms with van der Waals surface area (Å²) in [5.41, 5.74) is 8.97. The third-order valence-corrected chi connectivity index (χ3v) is 9.85. The smallest absolute Gasteiger partial charge is 0.388 e. The minimum absolute atomic E-state index is 0.298. The molecule has 2 aliphatic carbocycles. The minimum atomic E-state index is -1.84. The molecule has 1 aromatic heterocycles. The van der Waals surface area contributed by atoms with Gasteiger partial charge in [0.2, 0.25) is 0 Å². The summed E-state index contributed by atoms with van der Waals surface area (Å²) in [6.07, 6.45) is 8.61. The SMILES string of the molecule is CC(NC(=O)Nc1ccccc1)C(Op1oc2ccc3c(c2c2c4c(ccc2o1)CCCC4)CCCC3)c1ccccc1. The summed E-state index contributed by atoms with van der Waals surface area (Å²) in [6, 6.07) is 27.4. The zero-order chi connectivity index (χ0) is 29.2. The monoisotopic (exact) mass is 592 g/mol. The molecule has 2 N–H and O–H groups in total. The Morgan fingerprint density at radius 3 is 1.84 bits per heavy atom. The summed E-state index contributed by atoms with van der Waals surface area (Å²) in [6.45, 7) is 1.95. The van der Waals surface area contributed by atoms with Crippen molar-refractivity contribution in [3.05, 3.63) is 113 Å². The average molecular weight is 593 g/mol. The van der Waals surface area contributed by atoms with Crippen LogP contribution in [0.5, 0.6) is 0 Å². The fourth-order valence-electron chi connectivity index (χ4n) is 6.68. The van der Waals surface area contributed by atoms with Crippen LogP contribution in [0.2, 0.25) is 0 Å². The number of benzene rings is 4. The zero-order valence-electron chi connectivity index (χ0n) is 24.5. The number of hydrogen-bond acceptors (Lipinski definition) is 4. The molecule has 0 saturated carbocycles. The standard InChI is InChI=1S/C36H37N2O4P/c1-24(37-36(39)38-28-16-6-3-7-17-28)35(27-14-4-2-5-15-27)42-43-40-31-22-20-25-12-8-10-18-29(25)33(31)34-30-19-11-9-13-26(30)21-23-32(34)41-43/h2-7,14-17,20-24,35H,8-13,18-19H2,1H3,(H2,37,38,39). The predicted molar refractivity (Wildman–Crippen MR) is 173 cm³/mol. The van der Waals surface area contributed by atoms with Crippen molar-refractivity contribution in [2.24, 2.45) is 0 Å². The number of nitrogens with one attached hydrogen (secondary N) is 2. The van der Waals surface area contributed by atoms with E-state index < -0.39 is 14.3 Å². The number of aryl methyl sites for hydroxylation is 4. The van der Waals surface area contributed by atoms with Gasteiger partial charge in [0.25, 0.3) is 0 Å². The van der Waals surface area contributed by atoms with E-state index in [-0.39, 0.29) is 12.1 Å². The van der Waals surface area contributed by atoms with E-state index in [0.29, 0.717) is 0 Å². The van der Waals surface area contributed by atoms with E-state index in [1.165, 1.54) is 58.7 Å². The van der Waals surface area contributed by atoms with E-state index in [2.05, 4.69) is 34.9 Å². The molecule has 5 aromatic rings. The maximum Gasteiger partial charge on any atom is 0.388 e. The Bertz CT molecular complexity index is 1720. The van der Waals surface area contributed by atoms with Crippen LogP contribution in [-0.2, 0) is 25.7 Å². The Morgan fingerprint density at radius 1 is 0.721 bits per heavy atom. The average Bonchev–Trinajstić information content (AvgIpc) is 3.21. The zero-order valence-corrected chi connectivity index (χ0v) is 25.4. The highest BCUT2D eigenvalue weighted by atomic mass is 31.1. The molecule has 7 rings (SSSR count). The van der Waals surface area contributed by atoms with Gasteiger partial charge in [-0.3, -0.25) is 4.52 Å². The van der Waals surface area contributed by atoms with Gasteiger partial charge in [0, 0.05) is 16.5 Å². The highest BCUT2D eigenvalue weighted by Crippen LogP contribution is 2.43. The van der Waals surface area contributed by atoms with Gasteiger partial charge in [0.1, 0.15) is 17.3 Å². The Balaban J connectivity index is 1.32. The van der Waals surface area contributed by atoms with Gasteiger partial charge in [-0.25, -0.2) is 4.79 Å². The van der Waals surface area contributed by atoms with Gasteiger partial charge in [-0.2, -0.15) is 0 Å². The van der Waals surface area contributed by atoms with Gasteiger partial charge in [-0.15, -0.1) is 0 Å². The van der Waals surface area contributed by atoms with Crippen LogP contribution >= 0.6 is 8.24 Å². The fourth-order valence-corrected chi connectivity index (χ4v) is 7.92. The van der Waals surface area contributed by atoms with Crippen LogP contribution in [0.25, 0.3) is 21.9 Å². The van der Waals surface area contributed by atoms with E-state index in [1.807, 2.05) is 67.6 Å². The summed E-state index contributed by atoms with van der Waals surface area (Å²) < 4.78 is 20.1. The molecular weight excluding hydrogens is 555 g/mol. The number of carbonyl (C=O) groups is 1.